The van der Waals surface area contributed by atoms with Gasteiger partial charge >= 0.3 is 0 Å². The van der Waals surface area contributed by atoms with Crippen molar-refractivity contribution in [2.75, 3.05) is 14.7 Å². The van der Waals surface area contributed by atoms with Crippen molar-refractivity contribution in [3.05, 3.63) is 239 Å². The number of nitrogens with zero attached hydrogens (tertiary/aromatic N) is 3. The van der Waals surface area contributed by atoms with Crippen molar-refractivity contribution in [2.45, 2.75) is 150 Å². The van der Waals surface area contributed by atoms with Gasteiger partial charge in [0.05, 0.1) is 5.69 Å². The number of hydrogen-bond acceptors (Lipinski definition) is 3. The van der Waals surface area contributed by atoms with Gasteiger partial charge < -0.3 is 14.7 Å². The minimum absolute atomic E-state index is 0.000551. The van der Waals surface area contributed by atoms with E-state index in [1.54, 1.807) is 0 Å². The maximum absolute atomic E-state index is 2.68. The number of fused-ring (bicyclic) bond motifs is 8. The highest BCUT2D eigenvalue weighted by molar-refractivity contribution is 7.00. The Morgan fingerprint density at radius 2 is 0.800 bits per heavy atom. The molecule has 0 atom stereocenters. The molecule has 0 bridgehead atoms. The largest absolute Gasteiger partial charge is 0.311 e. The lowest BCUT2D eigenvalue weighted by Gasteiger charge is -2.45. The normalized spacial score (nSPS) is 14.4. The molecule has 10 aromatic carbocycles. The van der Waals surface area contributed by atoms with Crippen LogP contribution in [0.2, 0.25) is 0 Å². The summed E-state index contributed by atoms with van der Waals surface area (Å²) in [5, 5.41) is 2.47. The summed E-state index contributed by atoms with van der Waals surface area (Å²) in [7, 11) is 0. The molecule has 13 rings (SSSR count). The fourth-order valence-electron chi connectivity index (χ4n) is 14.0. The first-order chi connectivity index (χ1) is 40.1. The molecule has 0 fully saturated rings. The molecule has 2 aliphatic heterocycles. The van der Waals surface area contributed by atoms with Crippen LogP contribution in [0.3, 0.4) is 0 Å². The summed E-state index contributed by atoms with van der Waals surface area (Å²) in [5.74, 6) is 0. The van der Waals surface area contributed by atoms with E-state index in [1.807, 2.05) is 0 Å². The third-order valence-electron chi connectivity index (χ3n) is 19.0. The van der Waals surface area contributed by atoms with Gasteiger partial charge in [-0.15, -0.1) is 0 Å². The summed E-state index contributed by atoms with van der Waals surface area (Å²) in [6.07, 6.45) is 0. The van der Waals surface area contributed by atoms with E-state index < -0.39 is 0 Å². The molecule has 0 saturated heterocycles. The van der Waals surface area contributed by atoms with Gasteiger partial charge in [0.2, 0.25) is 0 Å². The predicted molar refractivity (Wildman–Crippen MR) is 369 cm³/mol. The van der Waals surface area contributed by atoms with Gasteiger partial charge in [-0.05, 0) is 183 Å². The van der Waals surface area contributed by atoms with Gasteiger partial charge in [-0.1, -0.05) is 245 Å². The highest BCUT2D eigenvalue weighted by atomic mass is 15.2. The molecule has 2 heterocycles. The van der Waals surface area contributed by atoms with Gasteiger partial charge in [-0.2, -0.15) is 0 Å². The summed E-state index contributed by atoms with van der Waals surface area (Å²) in [6, 6.07) is 78.2. The van der Waals surface area contributed by atoms with E-state index in [4.69, 9.17) is 0 Å². The van der Waals surface area contributed by atoms with Gasteiger partial charge in [0.1, 0.15) is 0 Å². The molecule has 4 heteroatoms. The predicted octanol–water partition coefficient (Wildman–Crippen LogP) is 20.9. The lowest BCUT2D eigenvalue weighted by atomic mass is 9.33. The van der Waals surface area contributed by atoms with Crippen LogP contribution in [-0.4, -0.2) is 6.71 Å². The number of rotatable bonds is 6. The smallest absolute Gasteiger partial charge is 0.252 e. The molecule has 3 aliphatic rings. The minimum atomic E-state index is -0.325. The Kier molecular flexibility index (Phi) is 12.9. The van der Waals surface area contributed by atoms with Gasteiger partial charge in [-0.25, -0.2) is 0 Å². The third-order valence-corrected chi connectivity index (χ3v) is 19.0. The number of hydrogen-bond donors (Lipinski definition) is 0. The summed E-state index contributed by atoms with van der Waals surface area (Å²) in [5.41, 5.74) is 28.2. The second kappa shape index (κ2) is 19.5. The maximum atomic E-state index is 2.68. The average Bonchev–Trinajstić information content (AvgIpc) is 1.50. The SMILES string of the molecule is CC(C)(C)c1ccc(N(c2ccc(C(C)(C)C)cc2)c2cc(N3c4ccc(C(C)(C)C)cc4B4c5cc(C(C)(C)C)ccc5N(c5ccc(C(C)(C)C)cc5)c5cc(-c6cccc7ccccc67)cc3c54)cc3c2-c2ccccc2C3(C)C)cc1. The van der Waals surface area contributed by atoms with Crippen LogP contribution >= 0.6 is 0 Å². The van der Waals surface area contributed by atoms with E-state index in [-0.39, 0.29) is 39.2 Å². The topological polar surface area (TPSA) is 9.72 Å². The van der Waals surface area contributed by atoms with Gasteiger partial charge in [0.25, 0.3) is 6.71 Å². The van der Waals surface area contributed by atoms with Crippen molar-refractivity contribution in [1.82, 2.24) is 0 Å². The Morgan fingerprint density at radius 3 is 1.32 bits per heavy atom. The molecule has 1 aliphatic carbocycles. The van der Waals surface area contributed by atoms with Crippen molar-refractivity contribution in [1.29, 1.82) is 0 Å². The van der Waals surface area contributed by atoms with Crippen molar-refractivity contribution < 1.29 is 0 Å². The monoisotopic (exact) mass is 1110 g/mol. The van der Waals surface area contributed by atoms with Gasteiger partial charge in [0, 0.05) is 56.5 Å². The summed E-state index contributed by atoms with van der Waals surface area (Å²) in [4.78, 5) is 7.84. The Balaban J connectivity index is 1.18. The van der Waals surface area contributed by atoms with Crippen LogP contribution in [0, 0.1) is 0 Å². The summed E-state index contributed by atoms with van der Waals surface area (Å²) < 4.78 is 0. The first-order valence-electron chi connectivity index (χ1n) is 31.0. The number of benzene rings is 10. The Hall–Kier alpha value is -8.08. The minimum Gasteiger partial charge on any atom is -0.311 e. The lowest BCUT2D eigenvalue weighted by Crippen LogP contribution is -2.61. The van der Waals surface area contributed by atoms with E-state index in [9.17, 15) is 0 Å². The first-order valence-corrected chi connectivity index (χ1v) is 31.0. The highest BCUT2D eigenvalue weighted by Gasteiger charge is 2.46. The van der Waals surface area contributed by atoms with Gasteiger partial charge in [-0.3, -0.25) is 0 Å². The third kappa shape index (κ3) is 9.42. The van der Waals surface area contributed by atoms with E-state index in [0.717, 1.165) is 28.4 Å². The van der Waals surface area contributed by atoms with Crippen LogP contribution in [-0.2, 0) is 32.5 Å². The quantitative estimate of drug-likeness (QED) is 0.154. The first kappa shape index (κ1) is 56.1. The molecule has 0 saturated carbocycles. The van der Waals surface area contributed by atoms with Crippen molar-refractivity contribution in [3.8, 4) is 22.3 Å². The second-order valence-corrected chi connectivity index (χ2v) is 30.4. The molecular formula is C81H84BN3. The van der Waals surface area contributed by atoms with Crippen LogP contribution < -0.4 is 31.1 Å². The van der Waals surface area contributed by atoms with Crippen LogP contribution in [0.4, 0.5) is 51.2 Å². The summed E-state index contributed by atoms with van der Waals surface area (Å²) in [6.45, 7) is 39.8. The molecule has 10 aromatic rings. The fraction of sp³-hybridized carbons (Fsp3) is 0.284. The summed E-state index contributed by atoms with van der Waals surface area (Å²) >= 11 is 0. The zero-order valence-corrected chi connectivity index (χ0v) is 53.5. The molecule has 85 heavy (non-hydrogen) atoms. The van der Waals surface area contributed by atoms with Gasteiger partial charge in [0.15, 0.2) is 0 Å². The van der Waals surface area contributed by atoms with Crippen LogP contribution in [0.5, 0.6) is 0 Å². The zero-order chi connectivity index (χ0) is 60.1. The van der Waals surface area contributed by atoms with E-state index >= 15 is 0 Å². The Morgan fingerprint density at radius 1 is 0.365 bits per heavy atom. The number of anilines is 9. The zero-order valence-electron chi connectivity index (χ0n) is 53.5. The maximum Gasteiger partial charge on any atom is 0.252 e. The van der Waals surface area contributed by atoms with E-state index in [0.29, 0.717) is 0 Å². The fourth-order valence-corrected chi connectivity index (χ4v) is 14.0. The van der Waals surface area contributed by atoms with Crippen molar-refractivity contribution >= 4 is 85.1 Å². The van der Waals surface area contributed by atoms with E-state index in [1.165, 1.54) is 111 Å². The van der Waals surface area contributed by atoms with Crippen molar-refractivity contribution in [3.63, 3.8) is 0 Å². The molecule has 0 amide bonds. The van der Waals surface area contributed by atoms with E-state index in [2.05, 4.69) is 333 Å². The molecule has 0 unspecified atom stereocenters. The molecule has 426 valence electrons. The van der Waals surface area contributed by atoms with Crippen LogP contribution in [0.1, 0.15) is 157 Å². The Labute approximate surface area is 508 Å². The van der Waals surface area contributed by atoms with Crippen molar-refractivity contribution in [2.24, 2.45) is 0 Å². The molecular weight excluding hydrogens is 1030 g/mol. The lowest BCUT2D eigenvalue weighted by molar-refractivity contribution is 0.590. The molecule has 0 spiro atoms. The molecule has 0 aromatic heterocycles. The second-order valence-electron chi connectivity index (χ2n) is 30.4. The average molecular weight is 1110 g/mol. The molecule has 0 N–H and O–H groups in total. The van der Waals surface area contributed by atoms with Crippen LogP contribution in [0.15, 0.2) is 200 Å². The highest BCUT2D eigenvalue weighted by Crippen LogP contribution is 2.58. The molecule has 3 nitrogen and oxygen atoms in total. The molecule has 0 radical (unpaired) electrons. The van der Waals surface area contributed by atoms with Crippen LogP contribution in [0.25, 0.3) is 33.0 Å². The Bertz CT molecular complexity index is 4210. The standard InChI is InChI=1S/C81H84BN3/c1-76(2,3)53-29-37-58(38-30-53)83(59-39-31-54(32-40-59)77(4,5)6)71-50-61(49-66-74(71)64-26-20-21-28-65(64)81(66,16)17)85-70-44-36-57(80(13,14)15)48-68(70)82-67-47-56(79(10,11)12)35-43-69(67)84(60-41-33-55(34-42-60)78(7,8)9)72-45-52(46-73(85)75(72)82)63-27-22-24-51-23-18-19-25-62(51)63/h18-50H,1-17H3.